The highest BCUT2D eigenvalue weighted by molar-refractivity contribution is 5.85. The van der Waals surface area contributed by atoms with Crippen molar-refractivity contribution in [3.63, 3.8) is 0 Å². The predicted molar refractivity (Wildman–Crippen MR) is 154 cm³/mol. The summed E-state index contributed by atoms with van der Waals surface area (Å²) in [5, 5.41) is 25.8. The van der Waals surface area contributed by atoms with Crippen LogP contribution in [0.3, 0.4) is 0 Å². The lowest BCUT2D eigenvalue weighted by Crippen LogP contribution is -2.79. The van der Waals surface area contributed by atoms with E-state index in [1.807, 2.05) is 0 Å². The van der Waals surface area contributed by atoms with Gasteiger partial charge in [-0.2, -0.15) is 0 Å². The molecule has 0 saturated heterocycles. The van der Waals surface area contributed by atoms with Gasteiger partial charge in [0.15, 0.2) is 0 Å². The molecule has 40 heavy (non-hydrogen) atoms. The molecule has 3 fully saturated rings. The zero-order valence-electron chi connectivity index (χ0n) is 25.4. The molecule has 6 heteroatoms. The number of ether oxygens (including phenoxy) is 2. The highest BCUT2D eigenvalue weighted by atomic mass is 16.5. The van der Waals surface area contributed by atoms with Gasteiger partial charge in [0.25, 0.3) is 0 Å². The number of allylic oxidation sites excluding steroid dienone is 1. The molecule has 2 bridgehead atoms. The molecule has 2 N–H and O–H groups in total. The summed E-state index contributed by atoms with van der Waals surface area (Å²) in [7, 11) is 0. The first-order valence-electron chi connectivity index (χ1n) is 16.0. The van der Waals surface area contributed by atoms with Crippen LogP contribution in [0.25, 0.3) is 0 Å². The molecule has 0 amide bonds. The summed E-state index contributed by atoms with van der Waals surface area (Å²) in [5.74, 6) is 0.168. The topological polar surface area (TPSA) is 93.1 Å². The highest BCUT2D eigenvalue weighted by Gasteiger charge is 2.77. The average molecular weight is 557 g/mol. The summed E-state index contributed by atoms with van der Waals surface area (Å²) in [5.41, 5.74) is -2.05. The van der Waals surface area contributed by atoms with Crippen LogP contribution in [0.15, 0.2) is 23.8 Å². The average Bonchev–Trinajstić information content (AvgIpc) is 3.32. The molecule has 0 aromatic rings. The molecule has 1 spiro atoms. The minimum Gasteiger partial charge on any atom is -0.462 e. The predicted octanol–water partition coefficient (Wildman–Crippen LogP) is 6.29. The zero-order valence-corrected chi connectivity index (χ0v) is 25.4. The smallest absolute Gasteiger partial charge is 0.331 e. The second kappa shape index (κ2) is 10.9. The van der Waals surface area contributed by atoms with Crippen LogP contribution in [0, 0.1) is 39.9 Å². The van der Waals surface area contributed by atoms with E-state index in [9.17, 15) is 19.8 Å². The van der Waals surface area contributed by atoms with E-state index in [2.05, 4.69) is 39.8 Å². The molecule has 224 valence electrons. The van der Waals surface area contributed by atoms with Gasteiger partial charge in [0, 0.05) is 29.7 Å². The Hall–Kier alpha value is -1.66. The van der Waals surface area contributed by atoms with E-state index >= 15 is 0 Å². The fraction of sp³-hybridized carbons (Fsp3) is 0.824. The van der Waals surface area contributed by atoms with Gasteiger partial charge in [-0.3, -0.25) is 4.79 Å². The maximum absolute atomic E-state index is 13.4. The molecule has 4 aliphatic carbocycles. The SMILES string of the molecule is CC(=O)O[C@@H]1C[C@]2(C)C=C[C@@H](CCC(C)C)[C@]3([C@@H]1[C@](C)(C1CCCCC1)CC[C@@H]3O)[C@@]2(O)CCC1=CC(=O)OC1. The summed E-state index contributed by atoms with van der Waals surface area (Å²) in [6, 6.07) is 0. The summed E-state index contributed by atoms with van der Waals surface area (Å²) >= 11 is 0. The third-order valence-electron chi connectivity index (χ3n) is 12.1. The fourth-order valence-electron chi connectivity index (χ4n) is 10.3. The van der Waals surface area contributed by atoms with Crippen molar-refractivity contribution in [1.82, 2.24) is 0 Å². The standard InChI is InChI=1S/C34H52O6/c1-22(2)11-12-26-14-16-31(4)20-27(40-23(3)35)30-32(5,25-9-7-6-8-10-25)17-15-28(36)34(26,30)33(31,38)18-13-24-19-29(37)39-21-24/h14,16,19,22,25-28,30,36,38H,6-13,15,17-18,20-21H2,1-5H3/t26-,27-,28+,30+,31+,32+,33-,34+/m1/s1. The Morgan fingerprint density at radius 2 is 1.90 bits per heavy atom. The van der Waals surface area contributed by atoms with Crippen LogP contribution in [0.1, 0.15) is 112 Å². The maximum Gasteiger partial charge on any atom is 0.331 e. The van der Waals surface area contributed by atoms with Crippen LogP contribution in [0.5, 0.6) is 0 Å². The molecule has 5 aliphatic rings. The number of cyclic esters (lactones) is 1. The monoisotopic (exact) mass is 556 g/mol. The van der Waals surface area contributed by atoms with E-state index in [1.54, 1.807) is 6.08 Å². The van der Waals surface area contributed by atoms with Crippen molar-refractivity contribution < 1.29 is 29.3 Å². The molecule has 5 rings (SSSR count). The normalized spacial score (nSPS) is 43.3. The molecular formula is C34H52O6. The number of carbonyl (C=O) groups is 2. The largest absolute Gasteiger partial charge is 0.462 e. The lowest BCUT2D eigenvalue weighted by Gasteiger charge is -2.74. The molecular weight excluding hydrogens is 504 g/mol. The summed E-state index contributed by atoms with van der Waals surface area (Å²) < 4.78 is 11.5. The number of hydrogen-bond donors (Lipinski definition) is 2. The quantitative estimate of drug-likeness (QED) is 0.270. The molecule has 1 heterocycles. The van der Waals surface area contributed by atoms with Gasteiger partial charge >= 0.3 is 11.9 Å². The van der Waals surface area contributed by atoms with Gasteiger partial charge in [0.1, 0.15) is 12.7 Å². The van der Waals surface area contributed by atoms with E-state index in [1.165, 1.54) is 26.2 Å². The number of aliphatic hydroxyl groups is 2. The number of fused-ring (bicyclic) bond motifs is 1. The summed E-state index contributed by atoms with van der Waals surface area (Å²) in [4.78, 5) is 24.5. The Balaban J connectivity index is 1.70. The van der Waals surface area contributed by atoms with Gasteiger partial charge in [-0.1, -0.05) is 65.5 Å². The molecule has 0 aromatic heterocycles. The minimum absolute atomic E-state index is 0.0370. The number of aliphatic hydroxyl groups excluding tert-OH is 1. The van der Waals surface area contributed by atoms with Gasteiger partial charge in [-0.15, -0.1) is 0 Å². The zero-order chi connectivity index (χ0) is 28.9. The molecule has 1 aliphatic heterocycles. The number of hydrogen-bond acceptors (Lipinski definition) is 6. The molecule has 6 nitrogen and oxygen atoms in total. The number of esters is 2. The Labute approximate surface area is 241 Å². The summed E-state index contributed by atoms with van der Waals surface area (Å²) in [6.45, 7) is 10.7. The van der Waals surface area contributed by atoms with Crippen LogP contribution >= 0.6 is 0 Å². The first-order valence-corrected chi connectivity index (χ1v) is 16.0. The van der Waals surface area contributed by atoms with Crippen molar-refractivity contribution in [3.8, 4) is 0 Å². The minimum atomic E-state index is -1.24. The maximum atomic E-state index is 13.4. The van der Waals surface area contributed by atoms with Crippen molar-refractivity contribution in [1.29, 1.82) is 0 Å². The van der Waals surface area contributed by atoms with Crippen molar-refractivity contribution >= 4 is 11.9 Å². The van der Waals surface area contributed by atoms with Crippen molar-refractivity contribution in [2.45, 2.75) is 129 Å². The van der Waals surface area contributed by atoms with Crippen molar-refractivity contribution in [3.05, 3.63) is 23.8 Å². The first kappa shape index (κ1) is 29.8. The van der Waals surface area contributed by atoms with E-state index in [0.717, 1.165) is 37.7 Å². The van der Waals surface area contributed by atoms with Gasteiger partial charge < -0.3 is 19.7 Å². The lowest BCUT2D eigenvalue weighted by atomic mass is 9.32. The van der Waals surface area contributed by atoms with E-state index < -0.39 is 22.5 Å². The second-order valence-corrected chi connectivity index (χ2v) is 14.8. The first-order chi connectivity index (χ1) is 18.9. The highest BCUT2D eigenvalue weighted by Crippen LogP contribution is 2.74. The van der Waals surface area contributed by atoms with Crippen LogP contribution < -0.4 is 0 Å². The Morgan fingerprint density at radius 3 is 2.52 bits per heavy atom. The number of carbonyl (C=O) groups excluding carboxylic acids is 2. The van der Waals surface area contributed by atoms with Gasteiger partial charge in [0.2, 0.25) is 0 Å². The second-order valence-electron chi connectivity index (χ2n) is 14.8. The van der Waals surface area contributed by atoms with Crippen LogP contribution in [-0.2, 0) is 19.1 Å². The fourth-order valence-corrected chi connectivity index (χ4v) is 10.3. The molecule has 3 saturated carbocycles. The molecule has 0 aromatic carbocycles. The number of rotatable bonds is 8. The molecule has 0 radical (unpaired) electrons. The third kappa shape index (κ3) is 4.60. The third-order valence-corrected chi connectivity index (χ3v) is 12.1. The Morgan fingerprint density at radius 1 is 1.18 bits per heavy atom. The van der Waals surface area contributed by atoms with Crippen LogP contribution in [-0.4, -0.2) is 46.6 Å². The lowest BCUT2D eigenvalue weighted by molar-refractivity contribution is -0.332. The van der Waals surface area contributed by atoms with Gasteiger partial charge in [-0.05, 0) is 80.1 Å². The van der Waals surface area contributed by atoms with Crippen LogP contribution in [0.2, 0.25) is 0 Å². The Bertz CT molecular complexity index is 1040. The van der Waals surface area contributed by atoms with E-state index in [4.69, 9.17) is 9.47 Å². The van der Waals surface area contributed by atoms with Crippen molar-refractivity contribution in [2.24, 2.45) is 39.9 Å². The summed E-state index contributed by atoms with van der Waals surface area (Å²) in [6.07, 6.45) is 15.9. The van der Waals surface area contributed by atoms with Crippen LogP contribution in [0.4, 0.5) is 0 Å². The van der Waals surface area contributed by atoms with E-state index in [-0.39, 0.29) is 41.9 Å². The van der Waals surface area contributed by atoms with Crippen molar-refractivity contribution in [2.75, 3.05) is 6.61 Å². The van der Waals surface area contributed by atoms with Gasteiger partial charge in [-0.25, -0.2) is 4.79 Å². The Kier molecular flexibility index (Phi) is 8.11. The van der Waals surface area contributed by atoms with Gasteiger partial charge in [0.05, 0.1) is 11.7 Å². The van der Waals surface area contributed by atoms with E-state index in [0.29, 0.717) is 37.5 Å². The molecule has 8 atom stereocenters. The molecule has 0 unspecified atom stereocenters.